The molecule has 1 heterocycles. The highest BCUT2D eigenvalue weighted by molar-refractivity contribution is 7.92. The quantitative estimate of drug-likeness (QED) is 0.576. The summed E-state index contributed by atoms with van der Waals surface area (Å²) in [4.78, 5) is 17.0. The first-order valence-corrected chi connectivity index (χ1v) is 12.1. The topological polar surface area (TPSA) is 79.4 Å². The minimum Gasteiger partial charge on any atom is -0.493 e. The van der Waals surface area contributed by atoms with Crippen LogP contribution in [0.5, 0.6) is 11.5 Å². The molecule has 0 radical (unpaired) electrons. The molecule has 1 saturated heterocycles. The third kappa shape index (κ3) is 5.28. The van der Waals surface area contributed by atoms with E-state index in [0.717, 1.165) is 23.9 Å². The van der Waals surface area contributed by atoms with Gasteiger partial charge in [0.2, 0.25) is 5.91 Å². The Morgan fingerprint density at radius 3 is 2.19 bits per heavy atom. The third-order valence-electron chi connectivity index (χ3n) is 5.51. The van der Waals surface area contributed by atoms with Crippen molar-refractivity contribution in [3.8, 4) is 11.5 Å². The average Bonchev–Trinajstić information content (AvgIpc) is 2.82. The summed E-state index contributed by atoms with van der Waals surface area (Å²) in [6.45, 7) is 5.36. The van der Waals surface area contributed by atoms with Crippen LogP contribution in [0, 0.1) is 0 Å². The molecule has 0 aromatic heterocycles. The molecule has 1 aliphatic heterocycles. The van der Waals surface area contributed by atoms with Gasteiger partial charge >= 0.3 is 0 Å². The van der Waals surface area contributed by atoms with Crippen LogP contribution in [-0.2, 0) is 14.8 Å². The van der Waals surface area contributed by atoms with Crippen LogP contribution < -0.4 is 13.8 Å². The second-order valence-electron chi connectivity index (χ2n) is 7.32. The van der Waals surface area contributed by atoms with E-state index < -0.39 is 10.0 Å². The lowest BCUT2D eigenvalue weighted by Gasteiger charge is -2.35. The highest BCUT2D eigenvalue weighted by atomic mass is 35.5. The Kier molecular flexibility index (Phi) is 7.86. The molecule has 10 heteroatoms. The Morgan fingerprint density at radius 1 is 1.00 bits per heavy atom. The second kappa shape index (κ2) is 10.4. The molecule has 0 bridgehead atoms. The molecule has 0 atom stereocenters. The molecule has 32 heavy (non-hydrogen) atoms. The number of piperazine rings is 1. The van der Waals surface area contributed by atoms with Gasteiger partial charge in [0, 0.05) is 37.3 Å². The zero-order valence-corrected chi connectivity index (χ0v) is 20.0. The van der Waals surface area contributed by atoms with Crippen molar-refractivity contribution in [2.24, 2.45) is 0 Å². The number of ether oxygens (including phenoxy) is 2. The van der Waals surface area contributed by atoms with Crippen LogP contribution in [-0.4, -0.2) is 77.6 Å². The third-order valence-corrected chi connectivity index (χ3v) is 7.53. The van der Waals surface area contributed by atoms with Crippen LogP contribution in [0.2, 0.25) is 5.02 Å². The summed E-state index contributed by atoms with van der Waals surface area (Å²) in [5.41, 5.74) is 0.352. The highest BCUT2D eigenvalue weighted by Gasteiger charge is 2.31. The predicted molar refractivity (Wildman–Crippen MR) is 124 cm³/mol. The molecule has 0 saturated carbocycles. The first-order valence-electron chi connectivity index (χ1n) is 10.3. The number of hydrogen-bond donors (Lipinski definition) is 0. The molecular formula is C22H28ClN3O5S. The Balaban J connectivity index is 1.94. The van der Waals surface area contributed by atoms with E-state index >= 15 is 0 Å². The zero-order chi connectivity index (χ0) is 23.3. The molecule has 0 aliphatic carbocycles. The van der Waals surface area contributed by atoms with Gasteiger partial charge in [0.15, 0.2) is 11.5 Å². The van der Waals surface area contributed by atoms with Crippen molar-refractivity contribution < 1.29 is 22.7 Å². The number of rotatable bonds is 8. The largest absolute Gasteiger partial charge is 0.493 e. The summed E-state index contributed by atoms with van der Waals surface area (Å²) in [7, 11) is -1.17. The first kappa shape index (κ1) is 24.2. The lowest BCUT2D eigenvalue weighted by atomic mass is 10.3. The number of halogens is 1. The summed E-state index contributed by atoms with van der Waals surface area (Å²) >= 11 is 6.00. The van der Waals surface area contributed by atoms with Crippen LogP contribution in [0.3, 0.4) is 0 Å². The number of methoxy groups -OCH3 is 2. The SMILES string of the molecule is CCN1CCN(C(=O)CN(c2ccc(Cl)cc2)S(=O)(=O)c2ccc(OC)c(OC)c2)CC1. The number of sulfonamides is 1. The van der Waals surface area contributed by atoms with E-state index in [0.29, 0.717) is 29.5 Å². The standard InChI is InChI=1S/C22H28ClN3O5S/c1-4-24-11-13-25(14-12-24)22(27)16-26(18-7-5-17(23)6-8-18)32(28,29)19-9-10-20(30-2)21(15-19)31-3/h5-10,15H,4,11-14,16H2,1-3H3. The average molecular weight is 482 g/mol. The van der Waals surface area contributed by atoms with Gasteiger partial charge in [-0.2, -0.15) is 0 Å². The Hall–Kier alpha value is -2.49. The van der Waals surface area contributed by atoms with Crippen LogP contribution in [0.1, 0.15) is 6.92 Å². The lowest BCUT2D eigenvalue weighted by molar-refractivity contribution is -0.131. The van der Waals surface area contributed by atoms with Crippen molar-refractivity contribution in [2.45, 2.75) is 11.8 Å². The van der Waals surface area contributed by atoms with E-state index in [1.54, 1.807) is 29.2 Å². The van der Waals surface area contributed by atoms with E-state index in [4.69, 9.17) is 21.1 Å². The van der Waals surface area contributed by atoms with Gasteiger partial charge in [-0.3, -0.25) is 9.10 Å². The Labute approximate surface area is 194 Å². The first-order chi connectivity index (χ1) is 15.3. The molecule has 2 aromatic carbocycles. The molecule has 3 rings (SSSR count). The molecule has 2 aromatic rings. The fourth-order valence-electron chi connectivity index (χ4n) is 3.56. The number of likely N-dealkylation sites (N-methyl/N-ethyl adjacent to an activating group) is 1. The van der Waals surface area contributed by atoms with Gasteiger partial charge in [0.05, 0.1) is 24.8 Å². The van der Waals surface area contributed by atoms with Gasteiger partial charge in [-0.25, -0.2) is 8.42 Å². The van der Waals surface area contributed by atoms with E-state index in [1.807, 2.05) is 0 Å². The lowest BCUT2D eigenvalue weighted by Crippen LogP contribution is -2.51. The normalized spacial score (nSPS) is 14.8. The molecule has 0 unspecified atom stereocenters. The van der Waals surface area contributed by atoms with E-state index in [9.17, 15) is 13.2 Å². The van der Waals surface area contributed by atoms with E-state index in [2.05, 4.69) is 11.8 Å². The van der Waals surface area contributed by atoms with Crippen molar-refractivity contribution in [3.63, 3.8) is 0 Å². The number of carbonyl (C=O) groups is 1. The van der Waals surface area contributed by atoms with Crippen LogP contribution in [0.4, 0.5) is 5.69 Å². The van der Waals surface area contributed by atoms with Gasteiger partial charge < -0.3 is 19.3 Å². The van der Waals surface area contributed by atoms with Crippen LogP contribution in [0.25, 0.3) is 0 Å². The van der Waals surface area contributed by atoms with E-state index in [1.165, 1.54) is 32.4 Å². The van der Waals surface area contributed by atoms with Crippen molar-refractivity contribution in [1.82, 2.24) is 9.80 Å². The number of nitrogens with zero attached hydrogens (tertiary/aromatic N) is 3. The number of anilines is 1. The molecule has 0 N–H and O–H groups in total. The molecular weight excluding hydrogens is 454 g/mol. The second-order valence-corrected chi connectivity index (χ2v) is 9.62. The van der Waals surface area contributed by atoms with Crippen molar-refractivity contribution in [3.05, 3.63) is 47.5 Å². The fraction of sp³-hybridized carbons (Fsp3) is 0.409. The van der Waals surface area contributed by atoms with Gasteiger partial charge in [-0.1, -0.05) is 18.5 Å². The number of benzene rings is 2. The molecule has 1 amide bonds. The monoisotopic (exact) mass is 481 g/mol. The van der Waals surface area contributed by atoms with Crippen molar-refractivity contribution >= 4 is 33.2 Å². The molecule has 0 spiro atoms. The van der Waals surface area contributed by atoms with Crippen LogP contribution >= 0.6 is 11.6 Å². The maximum Gasteiger partial charge on any atom is 0.264 e. The zero-order valence-electron chi connectivity index (χ0n) is 18.5. The summed E-state index contributed by atoms with van der Waals surface area (Å²) < 4.78 is 38.8. The summed E-state index contributed by atoms with van der Waals surface area (Å²) in [6, 6.07) is 10.7. The smallest absolute Gasteiger partial charge is 0.264 e. The maximum absolute atomic E-state index is 13.6. The minimum atomic E-state index is -4.08. The van der Waals surface area contributed by atoms with Gasteiger partial charge in [-0.15, -0.1) is 0 Å². The van der Waals surface area contributed by atoms with Crippen LogP contribution in [0.15, 0.2) is 47.4 Å². The fourth-order valence-corrected chi connectivity index (χ4v) is 5.12. The number of amides is 1. The summed E-state index contributed by atoms with van der Waals surface area (Å²) in [5.74, 6) is 0.445. The van der Waals surface area contributed by atoms with Gasteiger partial charge in [-0.05, 0) is 42.9 Å². The predicted octanol–water partition coefficient (Wildman–Crippen LogP) is 2.72. The summed E-state index contributed by atoms with van der Waals surface area (Å²) in [5, 5.41) is 0.472. The molecule has 1 fully saturated rings. The highest BCUT2D eigenvalue weighted by Crippen LogP contribution is 2.32. The maximum atomic E-state index is 13.6. The van der Waals surface area contributed by atoms with Crippen molar-refractivity contribution in [1.29, 1.82) is 0 Å². The molecule has 1 aliphatic rings. The van der Waals surface area contributed by atoms with Gasteiger partial charge in [0.25, 0.3) is 10.0 Å². The summed E-state index contributed by atoms with van der Waals surface area (Å²) in [6.07, 6.45) is 0. The van der Waals surface area contributed by atoms with Crippen molar-refractivity contribution in [2.75, 3.05) is 57.8 Å². The van der Waals surface area contributed by atoms with E-state index in [-0.39, 0.29) is 23.1 Å². The Bertz CT molecular complexity index is 1040. The number of hydrogen-bond acceptors (Lipinski definition) is 6. The Morgan fingerprint density at radius 2 is 1.62 bits per heavy atom. The minimum absolute atomic E-state index is 0.00583. The molecule has 8 nitrogen and oxygen atoms in total. The van der Waals surface area contributed by atoms with Gasteiger partial charge in [0.1, 0.15) is 6.54 Å². The molecule has 174 valence electrons. The number of carbonyl (C=O) groups excluding carboxylic acids is 1.